The van der Waals surface area contributed by atoms with E-state index in [1.807, 2.05) is 45.0 Å². The third-order valence-electron chi connectivity index (χ3n) is 5.19. The number of nitrogens with zero attached hydrogens (tertiary/aromatic N) is 2. The van der Waals surface area contributed by atoms with Crippen molar-refractivity contribution in [2.45, 2.75) is 33.6 Å². The van der Waals surface area contributed by atoms with E-state index in [9.17, 15) is 14.4 Å². The first-order valence-corrected chi connectivity index (χ1v) is 9.40. The van der Waals surface area contributed by atoms with Gasteiger partial charge >= 0.3 is 0 Å². The van der Waals surface area contributed by atoms with Crippen molar-refractivity contribution < 1.29 is 14.7 Å². The maximum Gasteiger partial charge on any atom is 0.268 e. The predicted octanol–water partition coefficient (Wildman–Crippen LogP) is 2.37. The number of amides is 1. The molecule has 0 unspecified atom stereocenters. The van der Waals surface area contributed by atoms with Gasteiger partial charge in [-0.05, 0) is 37.0 Å². The lowest BCUT2D eigenvalue weighted by Crippen LogP contribution is -2.40. The summed E-state index contributed by atoms with van der Waals surface area (Å²) in [5.74, 6) is -0.564. The second kappa shape index (κ2) is 7.36. The van der Waals surface area contributed by atoms with Crippen molar-refractivity contribution >= 4 is 11.7 Å². The molecule has 1 amide bonds. The van der Waals surface area contributed by atoms with Crippen LogP contribution >= 0.6 is 0 Å². The van der Waals surface area contributed by atoms with Crippen LogP contribution in [0.2, 0.25) is 0 Å². The molecule has 2 aromatic rings. The van der Waals surface area contributed by atoms with Crippen LogP contribution < -0.4 is 5.56 Å². The van der Waals surface area contributed by atoms with Gasteiger partial charge in [0.1, 0.15) is 5.56 Å². The molecule has 0 spiro atoms. The molecule has 1 aliphatic carbocycles. The minimum Gasteiger partial charge on any atom is -0.395 e. The number of likely N-dealkylation sites (N-methyl/N-ethyl adjacent to an activating group) is 1. The van der Waals surface area contributed by atoms with E-state index in [-0.39, 0.29) is 29.9 Å². The highest BCUT2D eigenvalue weighted by atomic mass is 16.3. The highest BCUT2D eigenvalue weighted by molar-refractivity contribution is 6.02. The van der Waals surface area contributed by atoms with E-state index >= 15 is 0 Å². The number of aromatic nitrogens is 1. The molecule has 0 atom stereocenters. The average molecular weight is 382 g/mol. The quantitative estimate of drug-likeness (QED) is 0.880. The fourth-order valence-electron chi connectivity index (χ4n) is 3.69. The largest absolute Gasteiger partial charge is 0.395 e. The van der Waals surface area contributed by atoms with Gasteiger partial charge in [0, 0.05) is 37.0 Å². The summed E-state index contributed by atoms with van der Waals surface area (Å²) in [4.78, 5) is 40.3. The van der Waals surface area contributed by atoms with Crippen molar-refractivity contribution in [1.82, 2.24) is 9.47 Å². The van der Waals surface area contributed by atoms with E-state index in [4.69, 9.17) is 5.11 Å². The summed E-state index contributed by atoms with van der Waals surface area (Å²) in [6.45, 7) is 5.88. The fraction of sp³-hybridized carbons (Fsp3) is 0.409. The maximum absolute atomic E-state index is 13.3. The summed E-state index contributed by atoms with van der Waals surface area (Å²) in [6.07, 6.45) is 0.935. The van der Waals surface area contributed by atoms with Gasteiger partial charge in [-0.15, -0.1) is 0 Å². The highest BCUT2D eigenvalue weighted by Crippen LogP contribution is 2.35. The molecule has 0 saturated heterocycles. The van der Waals surface area contributed by atoms with Crippen molar-refractivity contribution in [3.8, 4) is 5.69 Å². The standard InChI is InChI=1S/C22H26N2O4/c1-14-5-7-15(8-6-14)24-18-12-22(2,3)13-19(26)16(18)11-17(21(24)28)20(27)23(4)9-10-25/h5-8,11,25H,9-10,12-13H2,1-4H3. The van der Waals surface area contributed by atoms with Crippen LogP contribution in [0.25, 0.3) is 5.69 Å². The number of hydrogen-bond donors (Lipinski definition) is 1. The van der Waals surface area contributed by atoms with Crippen molar-refractivity contribution in [2.75, 3.05) is 20.2 Å². The van der Waals surface area contributed by atoms with E-state index in [1.165, 1.54) is 22.6 Å². The first-order chi connectivity index (χ1) is 13.1. The van der Waals surface area contributed by atoms with Crippen LogP contribution in [0.3, 0.4) is 0 Å². The Labute approximate surface area is 164 Å². The molecule has 6 heteroatoms. The minimum atomic E-state index is -0.500. The number of benzene rings is 1. The topological polar surface area (TPSA) is 79.6 Å². The van der Waals surface area contributed by atoms with Gasteiger partial charge in [-0.25, -0.2) is 0 Å². The summed E-state index contributed by atoms with van der Waals surface area (Å²) in [6, 6.07) is 8.90. The summed E-state index contributed by atoms with van der Waals surface area (Å²) in [5.41, 5.74) is 2.01. The summed E-state index contributed by atoms with van der Waals surface area (Å²) < 4.78 is 1.51. The number of pyridine rings is 1. The first kappa shape index (κ1) is 20.0. The van der Waals surface area contributed by atoms with Gasteiger partial charge in [-0.2, -0.15) is 0 Å². The van der Waals surface area contributed by atoms with Gasteiger partial charge in [0.2, 0.25) is 0 Å². The molecule has 1 heterocycles. The molecule has 0 saturated carbocycles. The number of hydrogen-bond acceptors (Lipinski definition) is 4. The molecule has 148 valence electrons. The molecule has 6 nitrogen and oxygen atoms in total. The van der Waals surface area contributed by atoms with Gasteiger partial charge in [-0.3, -0.25) is 19.0 Å². The molecule has 1 aliphatic rings. The number of carbonyl (C=O) groups excluding carboxylic acids is 2. The van der Waals surface area contributed by atoms with Crippen LogP contribution in [0.5, 0.6) is 0 Å². The molecule has 1 N–H and O–H groups in total. The zero-order valence-corrected chi connectivity index (χ0v) is 16.8. The van der Waals surface area contributed by atoms with Crippen LogP contribution in [-0.4, -0.2) is 46.5 Å². The maximum atomic E-state index is 13.3. The lowest BCUT2D eigenvalue weighted by Gasteiger charge is -2.32. The van der Waals surface area contributed by atoms with Crippen LogP contribution in [0, 0.1) is 12.3 Å². The molecule has 3 rings (SSSR count). The van der Waals surface area contributed by atoms with Gasteiger partial charge < -0.3 is 10.0 Å². The van der Waals surface area contributed by atoms with Gasteiger partial charge in [0.25, 0.3) is 11.5 Å². The second-order valence-electron chi connectivity index (χ2n) is 8.29. The number of ketones is 1. The molecule has 1 aromatic carbocycles. The Bertz CT molecular complexity index is 987. The number of aryl methyl sites for hydroxylation is 1. The van der Waals surface area contributed by atoms with Crippen molar-refractivity contribution in [3.05, 3.63) is 63.1 Å². The Kier molecular flexibility index (Phi) is 5.26. The van der Waals surface area contributed by atoms with Crippen LogP contribution in [0.4, 0.5) is 0 Å². The Balaban J connectivity index is 2.29. The fourth-order valence-corrected chi connectivity index (χ4v) is 3.69. The smallest absolute Gasteiger partial charge is 0.268 e. The van der Waals surface area contributed by atoms with Crippen LogP contribution in [0.15, 0.2) is 35.1 Å². The minimum absolute atomic E-state index is 0.0525. The van der Waals surface area contributed by atoms with Crippen molar-refractivity contribution in [3.63, 3.8) is 0 Å². The van der Waals surface area contributed by atoms with E-state index < -0.39 is 11.5 Å². The Morgan fingerprint density at radius 3 is 2.43 bits per heavy atom. The van der Waals surface area contributed by atoms with Crippen molar-refractivity contribution in [2.24, 2.45) is 5.41 Å². The Morgan fingerprint density at radius 1 is 1.18 bits per heavy atom. The molecule has 28 heavy (non-hydrogen) atoms. The van der Waals surface area contributed by atoms with Crippen LogP contribution in [-0.2, 0) is 6.42 Å². The first-order valence-electron chi connectivity index (χ1n) is 9.40. The molecule has 0 fully saturated rings. The molecular formula is C22H26N2O4. The zero-order chi connectivity index (χ0) is 20.6. The van der Waals surface area contributed by atoms with Gasteiger partial charge in [0.05, 0.1) is 6.61 Å². The zero-order valence-electron chi connectivity index (χ0n) is 16.8. The Hall–Kier alpha value is -2.73. The molecular weight excluding hydrogens is 356 g/mol. The summed E-state index contributed by atoms with van der Waals surface area (Å²) in [5, 5.41) is 9.12. The number of aliphatic hydroxyl groups is 1. The lowest BCUT2D eigenvalue weighted by molar-refractivity contribution is 0.0764. The second-order valence-corrected chi connectivity index (χ2v) is 8.29. The molecule has 0 bridgehead atoms. The lowest BCUT2D eigenvalue weighted by atomic mass is 9.75. The summed E-state index contributed by atoms with van der Waals surface area (Å²) >= 11 is 0. The molecule has 0 aliphatic heterocycles. The SMILES string of the molecule is Cc1ccc(-n2c3c(cc(C(=O)N(C)CCO)c2=O)C(=O)CC(C)(C)C3)cc1. The predicted molar refractivity (Wildman–Crippen MR) is 107 cm³/mol. The summed E-state index contributed by atoms with van der Waals surface area (Å²) in [7, 11) is 1.53. The van der Waals surface area contributed by atoms with E-state index in [2.05, 4.69) is 0 Å². The number of aliphatic hydroxyl groups excluding tert-OH is 1. The number of rotatable bonds is 4. The number of carbonyl (C=O) groups is 2. The van der Waals surface area contributed by atoms with Gasteiger partial charge in [0.15, 0.2) is 5.78 Å². The highest BCUT2D eigenvalue weighted by Gasteiger charge is 2.35. The average Bonchev–Trinajstić information content (AvgIpc) is 2.61. The third kappa shape index (κ3) is 3.64. The normalized spacial score (nSPS) is 15.2. The number of fused-ring (bicyclic) bond motifs is 1. The monoisotopic (exact) mass is 382 g/mol. The number of Topliss-reactive ketones (excluding diaryl/α,β-unsaturated/α-hetero) is 1. The van der Waals surface area contributed by atoms with Gasteiger partial charge in [-0.1, -0.05) is 31.5 Å². The molecule has 1 aromatic heterocycles. The Morgan fingerprint density at radius 2 is 1.82 bits per heavy atom. The van der Waals surface area contributed by atoms with Crippen LogP contribution in [0.1, 0.15) is 52.2 Å². The third-order valence-corrected chi connectivity index (χ3v) is 5.19. The molecule has 0 radical (unpaired) electrons. The van der Waals surface area contributed by atoms with Crippen molar-refractivity contribution in [1.29, 1.82) is 0 Å². The van der Waals surface area contributed by atoms with E-state index in [1.54, 1.807) is 0 Å². The van der Waals surface area contributed by atoms with E-state index in [0.29, 0.717) is 29.8 Å². The van der Waals surface area contributed by atoms with E-state index in [0.717, 1.165) is 5.56 Å².